The molecule has 0 aliphatic carbocycles. The van der Waals surface area contributed by atoms with Gasteiger partial charge in [-0.25, -0.2) is 4.79 Å². The van der Waals surface area contributed by atoms with Crippen LogP contribution in [0.2, 0.25) is 0 Å². The van der Waals surface area contributed by atoms with Crippen LogP contribution >= 0.6 is 0 Å². The Balaban J connectivity index is 3.78. The van der Waals surface area contributed by atoms with Gasteiger partial charge in [-0.2, -0.15) is 5.26 Å². The van der Waals surface area contributed by atoms with Crippen LogP contribution < -0.4 is 0 Å². The number of carbonyl (C=O) groups excluding carboxylic acids is 2. The van der Waals surface area contributed by atoms with Crippen LogP contribution in [0.25, 0.3) is 0 Å². The van der Waals surface area contributed by atoms with Crippen LogP contribution in [0.3, 0.4) is 0 Å². The molecule has 0 saturated heterocycles. The molecule has 0 aliphatic rings. The zero-order chi connectivity index (χ0) is 8.69. The fourth-order valence-electron chi connectivity index (χ4n) is 0.383. The molecule has 0 aromatic carbocycles. The third-order valence-corrected chi connectivity index (χ3v) is 0.741. The van der Waals surface area contributed by atoms with Gasteiger partial charge >= 0.3 is 11.9 Å². The smallest absolute Gasteiger partial charge is 0.338 e. The number of hydrogen-bond donors (Lipinski definition) is 0. The van der Waals surface area contributed by atoms with Crippen molar-refractivity contribution in [2.45, 2.75) is 13.3 Å². The van der Waals surface area contributed by atoms with E-state index < -0.39 is 18.4 Å². The molecule has 0 fully saturated rings. The summed E-state index contributed by atoms with van der Waals surface area (Å²) in [5, 5.41) is 8.00. The number of nitriles is 1. The first-order chi connectivity index (χ1) is 5.20. The van der Waals surface area contributed by atoms with Crippen molar-refractivity contribution in [1.29, 1.82) is 5.26 Å². The number of esters is 2. The summed E-state index contributed by atoms with van der Waals surface area (Å²) in [7, 11) is 0. The van der Waals surface area contributed by atoms with Gasteiger partial charge in [-0.1, -0.05) is 6.08 Å². The lowest BCUT2D eigenvalue weighted by Gasteiger charge is -1.92. The van der Waals surface area contributed by atoms with Gasteiger partial charge in [0.05, 0.1) is 6.07 Å². The molecule has 0 rings (SSSR count). The van der Waals surface area contributed by atoms with E-state index in [0.29, 0.717) is 0 Å². The molecule has 0 aliphatic heterocycles. The molecular formula is C7H7NO3. The molecule has 11 heavy (non-hydrogen) atoms. The maximum atomic E-state index is 10.5. The molecule has 0 saturated carbocycles. The Morgan fingerprint density at radius 3 is 2.73 bits per heavy atom. The monoisotopic (exact) mass is 153 g/mol. The summed E-state index contributed by atoms with van der Waals surface area (Å²) in [6.07, 6.45) is 2.15. The van der Waals surface area contributed by atoms with E-state index in [1.165, 1.54) is 6.08 Å². The molecule has 0 atom stereocenters. The summed E-state index contributed by atoms with van der Waals surface area (Å²) in [6, 6.07) is 1.56. The largest absolute Gasteiger partial charge is 0.389 e. The standard InChI is InChI=1S/C7H7NO3/c1-2-3-6(9)11-7(10)4-5-8/h2-3H,4H2,1H3/b3-2+. The van der Waals surface area contributed by atoms with Crippen molar-refractivity contribution in [3.05, 3.63) is 12.2 Å². The average molecular weight is 153 g/mol. The molecule has 0 radical (unpaired) electrons. The van der Waals surface area contributed by atoms with E-state index in [0.717, 1.165) is 6.08 Å². The van der Waals surface area contributed by atoms with Crippen molar-refractivity contribution in [3.63, 3.8) is 0 Å². The van der Waals surface area contributed by atoms with Gasteiger partial charge in [0.1, 0.15) is 6.42 Å². The second-order valence-electron chi connectivity index (χ2n) is 1.63. The normalized spacial score (nSPS) is 9.09. The number of nitrogens with zero attached hydrogens (tertiary/aromatic N) is 1. The zero-order valence-electron chi connectivity index (χ0n) is 6.03. The highest BCUT2D eigenvalue weighted by atomic mass is 16.6. The second-order valence-corrected chi connectivity index (χ2v) is 1.63. The maximum absolute atomic E-state index is 10.5. The number of rotatable bonds is 2. The Bertz CT molecular complexity index is 224. The Hall–Kier alpha value is -1.63. The minimum Gasteiger partial charge on any atom is -0.389 e. The van der Waals surface area contributed by atoms with Crippen LogP contribution in [0.5, 0.6) is 0 Å². The van der Waals surface area contributed by atoms with E-state index in [9.17, 15) is 9.59 Å². The quantitative estimate of drug-likeness (QED) is 0.330. The third kappa shape index (κ3) is 4.85. The van der Waals surface area contributed by atoms with Gasteiger partial charge in [-0.3, -0.25) is 4.79 Å². The van der Waals surface area contributed by atoms with Crippen LogP contribution in [0.1, 0.15) is 13.3 Å². The summed E-state index contributed by atoms with van der Waals surface area (Å²) in [4.78, 5) is 20.9. The lowest BCUT2D eigenvalue weighted by molar-refractivity contribution is -0.155. The average Bonchev–Trinajstić information content (AvgIpc) is 1.87. The van der Waals surface area contributed by atoms with E-state index in [4.69, 9.17) is 5.26 Å². The topological polar surface area (TPSA) is 67.2 Å². The van der Waals surface area contributed by atoms with Crippen LogP contribution in [0.15, 0.2) is 12.2 Å². The van der Waals surface area contributed by atoms with Crippen molar-refractivity contribution in [3.8, 4) is 6.07 Å². The minimum atomic E-state index is -0.824. The highest BCUT2D eigenvalue weighted by molar-refractivity contribution is 5.92. The molecule has 0 aromatic heterocycles. The molecule has 0 spiro atoms. The summed E-state index contributed by atoms with van der Waals surface area (Å²) < 4.78 is 4.14. The Morgan fingerprint density at radius 2 is 2.27 bits per heavy atom. The molecule has 4 nitrogen and oxygen atoms in total. The van der Waals surface area contributed by atoms with E-state index in [1.54, 1.807) is 13.0 Å². The van der Waals surface area contributed by atoms with Crippen LogP contribution in [0, 0.1) is 11.3 Å². The first-order valence-corrected chi connectivity index (χ1v) is 2.95. The molecule has 0 amide bonds. The van der Waals surface area contributed by atoms with Crippen LogP contribution in [-0.2, 0) is 14.3 Å². The van der Waals surface area contributed by atoms with E-state index >= 15 is 0 Å². The van der Waals surface area contributed by atoms with E-state index in [2.05, 4.69) is 4.74 Å². The predicted molar refractivity (Wildman–Crippen MR) is 36.1 cm³/mol. The number of ether oxygens (including phenoxy) is 1. The van der Waals surface area contributed by atoms with Gasteiger partial charge in [-0.15, -0.1) is 0 Å². The fourth-order valence-corrected chi connectivity index (χ4v) is 0.383. The highest BCUT2D eigenvalue weighted by Gasteiger charge is 2.05. The minimum absolute atomic E-state index is 0.400. The van der Waals surface area contributed by atoms with E-state index in [1.807, 2.05) is 0 Å². The fraction of sp³-hybridized carbons (Fsp3) is 0.286. The Kier molecular flexibility index (Phi) is 4.41. The van der Waals surface area contributed by atoms with Crippen LogP contribution in [-0.4, -0.2) is 11.9 Å². The number of carbonyl (C=O) groups is 2. The van der Waals surface area contributed by atoms with Gasteiger partial charge in [0, 0.05) is 6.08 Å². The van der Waals surface area contributed by atoms with Crippen molar-refractivity contribution < 1.29 is 14.3 Å². The first-order valence-electron chi connectivity index (χ1n) is 2.95. The molecule has 0 aromatic rings. The Labute approximate surface area is 64.1 Å². The lowest BCUT2D eigenvalue weighted by Crippen LogP contribution is -2.08. The van der Waals surface area contributed by atoms with Crippen molar-refractivity contribution in [1.82, 2.24) is 0 Å². The van der Waals surface area contributed by atoms with Crippen molar-refractivity contribution in [2.24, 2.45) is 0 Å². The predicted octanol–water partition coefficient (Wildman–Crippen LogP) is 0.546. The summed E-state index contributed by atoms with van der Waals surface area (Å²) in [6.45, 7) is 1.62. The summed E-state index contributed by atoms with van der Waals surface area (Å²) in [5.41, 5.74) is 0. The lowest BCUT2D eigenvalue weighted by atomic mass is 10.5. The Morgan fingerprint density at radius 1 is 1.64 bits per heavy atom. The maximum Gasteiger partial charge on any atom is 0.338 e. The summed E-state index contributed by atoms with van der Waals surface area (Å²) >= 11 is 0. The second kappa shape index (κ2) is 5.18. The SMILES string of the molecule is C/C=C/C(=O)OC(=O)CC#N. The van der Waals surface area contributed by atoms with Gasteiger partial charge in [-0.05, 0) is 6.92 Å². The summed E-state index contributed by atoms with van der Waals surface area (Å²) in [5.74, 6) is -1.57. The molecule has 0 N–H and O–H groups in total. The molecule has 4 heteroatoms. The molecule has 0 bridgehead atoms. The molecule has 0 unspecified atom stereocenters. The number of allylic oxidation sites excluding steroid dienone is 1. The number of hydrogen-bond acceptors (Lipinski definition) is 4. The van der Waals surface area contributed by atoms with E-state index in [-0.39, 0.29) is 0 Å². The molecule has 0 heterocycles. The van der Waals surface area contributed by atoms with Crippen molar-refractivity contribution >= 4 is 11.9 Å². The first kappa shape index (κ1) is 9.37. The van der Waals surface area contributed by atoms with Gasteiger partial charge in [0.25, 0.3) is 0 Å². The van der Waals surface area contributed by atoms with Crippen LogP contribution in [0.4, 0.5) is 0 Å². The zero-order valence-corrected chi connectivity index (χ0v) is 6.03. The van der Waals surface area contributed by atoms with Crippen molar-refractivity contribution in [2.75, 3.05) is 0 Å². The molecule has 58 valence electrons. The van der Waals surface area contributed by atoms with Gasteiger partial charge in [0.2, 0.25) is 0 Å². The van der Waals surface area contributed by atoms with Gasteiger partial charge < -0.3 is 4.74 Å². The third-order valence-electron chi connectivity index (χ3n) is 0.741. The van der Waals surface area contributed by atoms with Gasteiger partial charge in [0.15, 0.2) is 0 Å². The highest BCUT2D eigenvalue weighted by Crippen LogP contribution is 1.86. The molecular weight excluding hydrogens is 146 g/mol.